The summed E-state index contributed by atoms with van der Waals surface area (Å²) in [7, 11) is 1.29. The van der Waals surface area contributed by atoms with Gasteiger partial charge in [0, 0.05) is 18.8 Å². The van der Waals surface area contributed by atoms with Crippen LogP contribution in [0.25, 0.3) is 0 Å². The molecule has 1 aromatic heterocycles. The van der Waals surface area contributed by atoms with E-state index >= 15 is 0 Å². The second kappa shape index (κ2) is 3.13. The second-order valence-corrected chi connectivity index (χ2v) is 2.94. The van der Waals surface area contributed by atoms with E-state index < -0.39 is 12.0 Å². The Kier molecular flexibility index (Phi) is 1.95. The average molecular weight is 195 g/mol. The highest BCUT2D eigenvalue weighted by molar-refractivity contribution is 5.86. The number of rotatable bonds is 1. The molecular weight excluding hydrogens is 186 g/mol. The quantitative estimate of drug-likeness (QED) is 0.615. The van der Waals surface area contributed by atoms with Gasteiger partial charge in [-0.2, -0.15) is 0 Å². The molecule has 0 radical (unpaired) electrons. The Labute approximate surface area is 79.9 Å². The lowest BCUT2D eigenvalue weighted by atomic mass is 10.2. The lowest BCUT2D eigenvalue weighted by Gasteiger charge is -2.21. The molecule has 0 saturated heterocycles. The summed E-state index contributed by atoms with van der Waals surface area (Å²) in [4.78, 5) is 26.5. The van der Waals surface area contributed by atoms with Gasteiger partial charge in [0.1, 0.15) is 11.9 Å². The van der Waals surface area contributed by atoms with Crippen LogP contribution in [-0.4, -0.2) is 34.7 Å². The fourth-order valence-corrected chi connectivity index (χ4v) is 1.41. The van der Waals surface area contributed by atoms with E-state index in [2.05, 4.69) is 15.0 Å². The highest BCUT2D eigenvalue weighted by Crippen LogP contribution is 2.08. The van der Waals surface area contributed by atoms with Crippen LogP contribution in [0.15, 0.2) is 12.4 Å². The maximum Gasteiger partial charge on any atom is 0.328 e. The normalized spacial score (nSPS) is 19.8. The number of nitrogens with zero attached hydrogens (tertiary/aromatic N) is 2. The molecule has 1 aromatic rings. The molecule has 6 heteroatoms. The van der Waals surface area contributed by atoms with Gasteiger partial charge in [0.25, 0.3) is 0 Å². The summed E-state index contributed by atoms with van der Waals surface area (Å²) in [6.45, 7) is 0. The van der Waals surface area contributed by atoms with Crippen molar-refractivity contribution >= 4 is 12.0 Å². The van der Waals surface area contributed by atoms with Gasteiger partial charge in [-0.25, -0.2) is 14.6 Å². The summed E-state index contributed by atoms with van der Waals surface area (Å²) >= 11 is 0. The molecule has 1 aliphatic heterocycles. The summed E-state index contributed by atoms with van der Waals surface area (Å²) in [5.74, 6) is 0.122. The number of ether oxygens (including phenoxy) is 1. The van der Waals surface area contributed by atoms with E-state index in [0.29, 0.717) is 12.2 Å². The van der Waals surface area contributed by atoms with Crippen LogP contribution in [0.1, 0.15) is 5.82 Å². The first-order valence-electron chi connectivity index (χ1n) is 4.13. The molecule has 1 atom stereocenters. The average Bonchev–Trinajstić information content (AvgIpc) is 2.64. The predicted molar refractivity (Wildman–Crippen MR) is 45.7 cm³/mol. The topological polar surface area (TPSA) is 73.2 Å². The lowest BCUT2D eigenvalue weighted by Crippen LogP contribution is -2.49. The third kappa shape index (κ3) is 1.24. The number of carbonyl (C=O) groups excluding carboxylic acids is 2. The van der Waals surface area contributed by atoms with Crippen molar-refractivity contribution < 1.29 is 14.3 Å². The van der Waals surface area contributed by atoms with Crippen LogP contribution in [0, 0.1) is 0 Å². The zero-order valence-corrected chi connectivity index (χ0v) is 7.56. The number of aromatic nitrogens is 2. The lowest BCUT2D eigenvalue weighted by molar-refractivity contribution is -0.143. The van der Waals surface area contributed by atoms with Crippen molar-refractivity contribution in [3.63, 3.8) is 0 Å². The maximum absolute atomic E-state index is 11.4. The largest absolute Gasteiger partial charge is 0.467 e. The highest BCUT2D eigenvalue weighted by Gasteiger charge is 2.29. The Balaban J connectivity index is 2.25. The monoisotopic (exact) mass is 195 g/mol. The van der Waals surface area contributed by atoms with Crippen molar-refractivity contribution in [3.05, 3.63) is 18.2 Å². The first kappa shape index (κ1) is 8.74. The molecule has 74 valence electrons. The number of nitrogens with one attached hydrogen (secondary N) is 1. The van der Waals surface area contributed by atoms with Crippen molar-refractivity contribution in [2.24, 2.45) is 0 Å². The molecule has 0 aromatic carbocycles. The second-order valence-electron chi connectivity index (χ2n) is 2.94. The van der Waals surface area contributed by atoms with E-state index in [-0.39, 0.29) is 6.03 Å². The van der Waals surface area contributed by atoms with Gasteiger partial charge in [-0.1, -0.05) is 0 Å². The van der Waals surface area contributed by atoms with E-state index in [1.807, 2.05) is 0 Å². The molecule has 1 N–H and O–H groups in total. The van der Waals surface area contributed by atoms with E-state index in [1.54, 1.807) is 6.20 Å². The molecule has 2 heterocycles. The minimum atomic E-state index is -0.623. The van der Waals surface area contributed by atoms with Crippen LogP contribution in [0.3, 0.4) is 0 Å². The van der Waals surface area contributed by atoms with E-state index in [4.69, 9.17) is 0 Å². The Morgan fingerprint density at radius 3 is 3.29 bits per heavy atom. The number of imidazole rings is 1. The van der Waals surface area contributed by atoms with Gasteiger partial charge in [-0.05, 0) is 0 Å². The van der Waals surface area contributed by atoms with Crippen molar-refractivity contribution in [1.82, 2.24) is 14.9 Å². The van der Waals surface area contributed by atoms with Crippen LogP contribution in [0.4, 0.5) is 4.79 Å². The zero-order valence-electron chi connectivity index (χ0n) is 7.56. The molecule has 0 aliphatic carbocycles. The molecule has 0 saturated carbocycles. The van der Waals surface area contributed by atoms with Gasteiger partial charge in [0.05, 0.1) is 7.11 Å². The number of carbonyl (C=O) groups is 2. The summed E-state index contributed by atoms with van der Waals surface area (Å²) < 4.78 is 5.91. The summed E-state index contributed by atoms with van der Waals surface area (Å²) in [6.07, 6.45) is 3.44. The third-order valence-electron chi connectivity index (χ3n) is 2.11. The van der Waals surface area contributed by atoms with Crippen LogP contribution in [-0.2, 0) is 16.0 Å². The molecular formula is C8H9N3O3. The Bertz CT molecular complexity index is 385. The third-order valence-corrected chi connectivity index (χ3v) is 2.11. The van der Waals surface area contributed by atoms with Gasteiger partial charge in [0.2, 0.25) is 0 Å². The fraction of sp³-hybridized carbons (Fsp3) is 0.375. The number of hydrogen-bond donors (Lipinski definition) is 1. The smallest absolute Gasteiger partial charge is 0.328 e. The van der Waals surface area contributed by atoms with Crippen molar-refractivity contribution in [2.75, 3.05) is 7.11 Å². The zero-order chi connectivity index (χ0) is 10.1. The van der Waals surface area contributed by atoms with Gasteiger partial charge >= 0.3 is 12.0 Å². The van der Waals surface area contributed by atoms with Crippen LogP contribution in [0.5, 0.6) is 0 Å². The number of amides is 1. The first-order chi connectivity index (χ1) is 6.72. The number of fused-ring (bicyclic) bond motifs is 1. The fourth-order valence-electron chi connectivity index (χ4n) is 1.41. The molecule has 2 rings (SSSR count). The summed E-state index contributed by atoms with van der Waals surface area (Å²) in [6, 6.07) is -0.971. The van der Waals surface area contributed by atoms with Crippen LogP contribution >= 0.6 is 0 Å². The molecule has 1 aliphatic rings. The van der Waals surface area contributed by atoms with Gasteiger partial charge in [-0.15, -0.1) is 0 Å². The van der Waals surface area contributed by atoms with E-state index in [0.717, 1.165) is 0 Å². The predicted octanol–water partition coefficient (Wildman–Crippen LogP) is -0.462. The molecule has 14 heavy (non-hydrogen) atoms. The van der Waals surface area contributed by atoms with E-state index in [1.165, 1.54) is 17.9 Å². The summed E-state index contributed by atoms with van der Waals surface area (Å²) in [5, 5.41) is 2.52. The maximum atomic E-state index is 11.4. The Morgan fingerprint density at radius 1 is 1.79 bits per heavy atom. The molecule has 0 spiro atoms. The van der Waals surface area contributed by atoms with Gasteiger partial charge in [-0.3, -0.25) is 4.57 Å². The van der Waals surface area contributed by atoms with Gasteiger partial charge in [0.15, 0.2) is 0 Å². The van der Waals surface area contributed by atoms with Gasteiger partial charge < -0.3 is 10.1 Å². The van der Waals surface area contributed by atoms with Crippen molar-refractivity contribution in [2.45, 2.75) is 12.5 Å². The molecule has 6 nitrogen and oxygen atoms in total. The van der Waals surface area contributed by atoms with Crippen LogP contribution < -0.4 is 5.32 Å². The molecule has 1 amide bonds. The number of esters is 1. The Morgan fingerprint density at radius 2 is 2.57 bits per heavy atom. The highest BCUT2D eigenvalue weighted by atomic mass is 16.5. The van der Waals surface area contributed by atoms with Crippen molar-refractivity contribution in [1.29, 1.82) is 0 Å². The SMILES string of the molecule is COC(=O)[C@@H]1Cc2nccn2C(=O)N1. The number of methoxy groups -OCH3 is 1. The molecule has 0 fully saturated rings. The molecule has 0 bridgehead atoms. The van der Waals surface area contributed by atoms with Crippen LogP contribution in [0.2, 0.25) is 0 Å². The molecule has 0 unspecified atom stereocenters. The minimum absolute atomic E-state index is 0.348. The number of hydrogen-bond acceptors (Lipinski definition) is 4. The van der Waals surface area contributed by atoms with Crippen molar-refractivity contribution in [3.8, 4) is 0 Å². The standard InChI is InChI=1S/C8H9N3O3/c1-14-7(12)5-4-6-9-2-3-11(6)8(13)10-5/h2-3,5H,4H2,1H3,(H,10,13)/t5-/m0/s1. The Hall–Kier alpha value is -1.85. The minimum Gasteiger partial charge on any atom is -0.467 e. The van der Waals surface area contributed by atoms with E-state index in [9.17, 15) is 9.59 Å². The summed E-state index contributed by atoms with van der Waals surface area (Å²) in [5.41, 5.74) is 0. The first-order valence-corrected chi connectivity index (χ1v) is 4.13.